The molecule has 106 valence electrons. The highest BCUT2D eigenvalue weighted by molar-refractivity contribution is 5.76. The lowest BCUT2D eigenvalue weighted by atomic mass is 10.1. The summed E-state index contributed by atoms with van der Waals surface area (Å²) in [7, 11) is 0. The van der Waals surface area contributed by atoms with E-state index in [0.29, 0.717) is 6.42 Å². The Labute approximate surface area is 120 Å². The summed E-state index contributed by atoms with van der Waals surface area (Å²) in [5, 5.41) is 3.05. The zero-order valence-electron chi connectivity index (χ0n) is 12.4. The van der Waals surface area contributed by atoms with Gasteiger partial charge >= 0.3 is 0 Å². The molecule has 0 bridgehead atoms. The molecule has 0 saturated carbocycles. The third kappa shape index (κ3) is 3.50. The molecule has 0 saturated heterocycles. The van der Waals surface area contributed by atoms with Crippen LogP contribution >= 0.6 is 0 Å². The number of carbonyl (C=O) groups is 1. The maximum atomic E-state index is 12.0. The van der Waals surface area contributed by atoms with Crippen LogP contribution in [0.4, 0.5) is 0 Å². The van der Waals surface area contributed by atoms with Crippen molar-refractivity contribution >= 4 is 5.91 Å². The molecule has 1 aromatic heterocycles. The predicted molar refractivity (Wildman–Crippen MR) is 81.5 cm³/mol. The van der Waals surface area contributed by atoms with Gasteiger partial charge in [0.2, 0.25) is 5.91 Å². The molecule has 0 fully saturated rings. The standard InChI is InChI=1S/C17H22N2O/c1-13-9-10-14(2)19(13)12-11-17(20)18-15(3)16-7-5-4-6-8-16/h4-10,15H,11-12H2,1-3H3,(H,18,20). The van der Waals surface area contributed by atoms with Crippen molar-refractivity contribution in [3.63, 3.8) is 0 Å². The molecule has 0 radical (unpaired) electrons. The summed E-state index contributed by atoms with van der Waals surface area (Å²) in [6, 6.07) is 14.2. The topological polar surface area (TPSA) is 34.0 Å². The molecule has 1 amide bonds. The van der Waals surface area contributed by atoms with Crippen molar-refractivity contribution in [1.82, 2.24) is 9.88 Å². The van der Waals surface area contributed by atoms with Crippen LogP contribution in [0.2, 0.25) is 0 Å². The van der Waals surface area contributed by atoms with Gasteiger partial charge < -0.3 is 9.88 Å². The van der Waals surface area contributed by atoms with Crippen molar-refractivity contribution in [2.75, 3.05) is 0 Å². The summed E-state index contributed by atoms with van der Waals surface area (Å²) in [4.78, 5) is 12.0. The summed E-state index contributed by atoms with van der Waals surface area (Å²) in [5.74, 6) is 0.0915. The Kier molecular flexibility index (Phi) is 4.61. The lowest BCUT2D eigenvalue weighted by molar-refractivity contribution is -0.121. The SMILES string of the molecule is Cc1ccc(C)n1CCC(=O)NC(C)c1ccccc1. The molecule has 20 heavy (non-hydrogen) atoms. The van der Waals surface area contributed by atoms with Crippen LogP contribution in [0.25, 0.3) is 0 Å². The number of benzene rings is 1. The normalized spacial score (nSPS) is 12.2. The van der Waals surface area contributed by atoms with E-state index in [0.717, 1.165) is 12.1 Å². The van der Waals surface area contributed by atoms with Gasteiger partial charge in [-0.2, -0.15) is 0 Å². The maximum absolute atomic E-state index is 12.0. The fourth-order valence-corrected chi connectivity index (χ4v) is 2.40. The van der Waals surface area contributed by atoms with Crippen molar-refractivity contribution < 1.29 is 4.79 Å². The van der Waals surface area contributed by atoms with Gasteiger partial charge in [0, 0.05) is 24.4 Å². The van der Waals surface area contributed by atoms with E-state index in [4.69, 9.17) is 0 Å². The Morgan fingerprint density at radius 2 is 1.70 bits per heavy atom. The molecule has 3 nitrogen and oxygen atoms in total. The molecule has 1 unspecified atom stereocenters. The Hall–Kier alpha value is -2.03. The second-order valence-electron chi connectivity index (χ2n) is 5.22. The highest BCUT2D eigenvalue weighted by Crippen LogP contribution is 2.12. The number of aryl methyl sites for hydroxylation is 2. The Morgan fingerprint density at radius 1 is 1.10 bits per heavy atom. The van der Waals surface area contributed by atoms with Gasteiger partial charge in [0.1, 0.15) is 0 Å². The molecule has 0 aliphatic rings. The number of hydrogen-bond acceptors (Lipinski definition) is 1. The lowest BCUT2D eigenvalue weighted by Gasteiger charge is -2.15. The molecular formula is C17H22N2O. The van der Waals surface area contributed by atoms with Crippen LogP contribution in [-0.2, 0) is 11.3 Å². The number of aromatic nitrogens is 1. The van der Waals surface area contributed by atoms with E-state index in [1.165, 1.54) is 11.4 Å². The molecule has 1 N–H and O–H groups in total. The van der Waals surface area contributed by atoms with E-state index in [-0.39, 0.29) is 11.9 Å². The first kappa shape index (κ1) is 14.4. The first-order valence-corrected chi connectivity index (χ1v) is 7.05. The lowest BCUT2D eigenvalue weighted by Crippen LogP contribution is -2.27. The van der Waals surface area contributed by atoms with Gasteiger partial charge in [-0.1, -0.05) is 30.3 Å². The van der Waals surface area contributed by atoms with Crippen LogP contribution < -0.4 is 5.32 Å². The van der Waals surface area contributed by atoms with Gasteiger partial charge in [-0.25, -0.2) is 0 Å². The molecule has 1 heterocycles. The average Bonchev–Trinajstić information content (AvgIpc) is 2.77. The zero-order chi connectivity index (χ0) is 14.5. The van der Waals surface area contributed by atoms with Gasteiger partial charge in [-0.3, -0.25) is 4.79 Å². The van der Waals surface area contributed by atoms with E-state index in [9.17, 15) is 4.79 Å². The highest BCUT2D eigenvalue weighted by Gasteiger charge is 2.10. The van der Waals surface area contributed by atoms with Crippen molar-refractivity contribution in [2.24, 2.45) is 0 Å². The van der Waals surface area contributed by atoms with Crippen molar-refractivity contribution in [2.45, 2.75) is 39.8 Å². The fourth-order valence-electron chi connectivity index (χ4n) is 2.40. The van der Waals surface area contributed by atoms with Crippen LogP contribution in [0.15, 0.2) is 42.5 Å². The number of rotatable bonds is 5. The largest absolute Gasteiger partial charge is 0.350 e. The Morgan fingerprint density at radius 3 is 2.30 bits per heavy atom. The van der Waals surface area contributed by atoms with Gasteiger partial charge in [0.25, 0.3) is 0 Å². The molecular weight excluding hydrogens is 248 g/mol. The fraction of sp³-hybridized carbons (Fsp3) is 0.353. The van der Waals surface area contributed by atoms with E-state index in [1.54, 1.807) is 0 Å². The Balaban J connectivity index is 1.87. The summed E-state index contributed by atoms with van der Waals surface area (Å²) < 4.78 is 2.17. The smallest absolute Gasteiger partial charge is 0.222 e. The van der Waals surface area contributed by atoms with E-state index < -0.39 is 0 Å². The predicted octanol–water partition coefficient (Wildman–Crippen LogP) is 3.37. The van der Waals surface area contributed by atoms with Gasteiger partial charge in [0.15, 0.2) is 0 Å². The molecule has 2 rings (SSSR count). The number of nitrogens with zero attached hydrogens (tertiary/aromatic N) is 1. The van der Waals surface area contributed by atoms with Gasteiger partial charge in [-0.15, -0.1) is 0 Å². The molecule has 3 heteroatoms. The summed E-state index contributed by atoms with van der Waals surface area (Å²) in [5.41, 5.74) is 3.53. The van der Waals surface area contributed by atoms with Crippen molar-refractivity contribution in [3.05, 3.63) is 59.4 Å². The van der Waals surface area contributed by atoms with Crippen LogP contribution in [0.5, 0.6) is 0 Å². The minimum absolute atomic E-state index is 0.0514. The third-order valence-corrected chi connectivity index (χ3v) is 3.66. The van der Waals surface area contributed by atoms with Crippen LogP contribution in [0, 0.1) is 13.8 Å². The molecule has 0 aliphatic carbocycles. The number of carbonyl (C=O) groups excluding carboxylic acids is 1. The second kappa shape index (κ2) is 6.42. The molecule has 2 aromatic rings. The molecule has 1 atom stereocenters. The molecule has 1 aromatic carbocycles. The second-order valence-corrected chi connectivity index (χ2v) is 5.22. The average molecular weight is 270 g/mol. The summed E-state index contributed by atoms with van der Waals surface area (Å²) >= 11 is 0. The monoisotopic (exact) mass is 270 g/mol. The zero-order valence-corrected chi connectivity index (χ0v) is 12.4. The number of amides is 1. The van der Waals surface area contributed by atoms with Gasteiger partial charge in [0.05, 0.1) is 6.04 Å². The summed E-state index contributed by atoms with van der Waals surface area (Å²) in [6.45, 7) is 6.88. The maximum Gasteiger partial charge on any atom is 0.222 e. The quantitative estimate of drug-likeness (QED) is 0.888. The van der Waals surface area contributed by atoms with Crippen molar-refractivity contribution in [3.8, 4) is 0 Å². The third-order valence-electron chi connectivity index (χ3n) is 3.66. The summed E-state index contributed by atoms with van der Waals surface area (Å²) in [6.07, 6.45) is 0.507. The first-order valence-electron chi connectivity index (χ1n) is 7.05. The minimum atomic E-state index is 0.0514. The van der Waals surface area contributed by atoms with E-state index >= 15 is 0 Å². The molecule has 0 aliphatic heterocycles. The van der Waals surface area contributed by atoms with Crippen molar-refractivity contribution in [1.29, 1.82) is 0 Å². The van der Waals surface area contributed by atoms with Crippen LogP contribution in [-0.4, -0.2) is 10.5 Å². The van der Waals surface area contributed by atoms with Gasteiger partial charge in [-0.05, 0) is 38.5 Å². The minimum Gasteiger partial charge on any atom is -0.350 e. The number of hydrogen-bond donors (Lipinski definition) is 1. The first-order chi connectivity index (χ1) is 9.58. The van der Waals surface area contributed by atoms with E-state index in [1.807, 2.05) is 37.3 Å². The number of nitrogens with one attached hydrogen (secondary N) is 1. The van der Waals surface area contributed by atoms with Crippen LogP contribution in [0.1, 0.15) is 36.3 Å². The highest BCUT2D eigenvalue weighted by atomic mass is 16.1. The molecule has 0 spiro atoms. The Bertz CT molecular complexity index is 552. The van der Waals surface area contributed by atoms with Crippen LogP contribution in [0.3, 0.4) is 0 Å². The van der Waals surface area contributed by atoms with E-state index in [2.05, 4.69) is 35.9 Å².